The fourth-order valence-electron chi connectivity index (χ4n) is 3.90. The Morgan fingerprint density at radius 1 is 1.11 bits per heavy atom. The van der Waals surface area contributed by atoms with E-state index in [1.165, 1.54) is 0 Å². The van der Waals surface area contributed by atoms with Gasteiger partial charge in [0.05, 0.1) is 40.7 Å². The number of pyridine rings is 1. The molecule has 0 spiro atoms. The summed E-state index contributed by atoms with van der Waals surface area (Å²) in [6, 6.07) is 9.27. The molecule has 3 aromatic heterocycles. The number of rotatable bonds is 7. The minimum atomic E-state index is -1.02. The molecule has 9 heteroatoms. The van der Waals surface area contributed by atoms with Crippen LogP contribution in [0, 0.1) is 0 Å². The summed E-state index contributed by atoms with van der Waals surface area (Å²) in [4.78, 5) is 25.1. The Labute approximate surface area is 203 Å². The Morgan fingerprint density at radius 3 is 2.54 bits per heavy atom. The van der Waals surface area contributed by atoms with Crippen molar-refractivity contribution < 1.29 is 15.0 Å². The zero-order chi connectivity index (χ0) is 25.4. The number of aromatic amines is 1. The van der Waals surface area contributed by atoms with Crippen LogP contribution >= 0.6 is 0 Å². The van der Waals surface area contributed by atoms with E-state index in [4.69, 9.17) is 0 Å². The number of nitrogens with zero attached hydrogens (tertiary/aromatic N) is 5. The first-order valence-electron chi connectivity index (χ1n) is 11.6. The van der Waals surface area contributed by atoms with E-state index in [1.807, 2.05) is 36.0 Å². The SMILES string of the molecule is Cn1cc(-c2cc(C(=O)/N=c3\[nH]c4cc(CCC(C)(C)O)ccc4n3CC(C)(C)O)ccn2)cn1. The molecule has 0 fully saturated rings. The van der Waals surface area contributed by atoms with E-state index in [0.717, 1.165) is 22.2 Å². The summed E-state index contributed by atoms with van der Waals surface area (Å²) in [6.45, 7) is 7.26. The number of amides is 1. The van der Waals surface area contributed by atoms with E-state index in [0.29, 0.717) is 29.7 Å². The Kier molecular flexibility index (Phi) is 6.48. The minimum absolute atomic E-state index is 0.249. The Bertz CT molecular complexity index is 1430. The maximum atomic E-state index is 13.1. The van der Waals surface area contributed by atoms with Crippen molar-refractivity contribution in [3.63, 3.8) is 0 Å². The number of hydrogen-bond donors (Lipinski definition) is 3. The third-order valence-corrected chi connectivity index (χ3v) is 5.64. The van der Waals surface area contributed by atoms with Gasteiger partial charge in [-0.15, -0.1) is 0 Å². The molecule has 0 atom stereocenters. The maximum Gasteiger partial charge on any atom is 0.280 e. The molecule has 4 rings (SSSR count). The standard InChI is InChI=1S/C26H32N6O3/c1-25(2,34)10-8-17-6-7-22-21(12-17)29-24(32(22)16-26(3,4)35)30-23(33)18-9-11-27-20(13-18)19-14-28-31(5)15-19/h6-7,9,11-15,34-35H,8,10,16H2,1-5H3,(H,29,30,33). The molecule has 0 aliphatic carbocycles. The number of H-pyrrole nitrogens is 1. The van der Waals surface area contributed by atoms with Crippen LogP contribution in [0.25, 0.3) is 22.3 Å². The van der Waals surface area contributed by atoms with Crippen molar-refractivity contribution in [2.45, 2.75) is 58.3 Å². The molecule has 0 bridgehead atoms. The molecule has 4 aromatic rings. The molecule has 35 heavy (non-hydrogen) atoms. The van der Waals surface area contributed by atoms with Gasteiger partial charge >= 0.3 is 0 Å². The van der Waals surface area contributed by atoms with Gasteiger partial charge in [0.25, 0.3) is 5.91 Å². The summed E-state index contributed by atoms with van der Waals surface area (Å²) in [5, 5.41) is 24.7. The van der Waals surface area contributed by atoms with Gasteiger partial charge in [0.2, 0.25) is 5.62 Å². The fourth-order valence-corrected chi connectivity index (χ4v) is 3.90. The molecule has 0 unspecified atom stereocenters. The lowest BCUT2D eigenvalue weighted by Gasteiger charge is -2.18. The van der Waals surface area contributed by atoms with Gasteiger partial charge in [-0.2, -0.15) is 10.1 Å². The number of aromatic nitrogens is 5. The predicted molar refractivity (Wildman–Crippen MR) is 134 cm³/mol. The van der Waals surface area contributed by atoms with E-state index >= 15 is 0 Å². The first-order chi connectivity index (χ1) is 16.4. The summed E-state index contributed by atoms with van der Waals surface area (Å²) in [5.74, 6) is -0.421. The normalized spacial score (nSPS) is 13.1. The van der Waals surface area contributed by atoms with Crippen LogP contribution in [0.5, 0.6) is 0 Å². The van der Waals surface area contributed by atoms with Crippen LogP contribution in [0.3, 0.4) is 0 Å². The summed E-state index contributed by atoms with van der Waals surface area (Å²) in [5.41, 5.74) is 3.12. The average Bonchev–Trinajstić information content (AvgIpc) is 3.34. The van der Waals surface area contributed by atoms with Gasteiger partial charge in [-0.25, -0.2) is 0 Å². The Hall–Kier alpha value is -3.56. The van der Waals surface area contributed by atoms with Crippen LogP contribution in [0.4, 0.5) is 0 Å². The highest BCUT2D eigenvalue weighted by Gasteiger charge is 2.19. The molecule has 3 heterocycles. The van der Waals surface area contributed by atoms with Gasteiger partial charge in [-0.3, -0.25) is 14.5 Å². The molecule has 1 aromatic carbocycles. The zero-order valence-electron chi connectivity index (χ0n) is 20.8. The minimum Gasteiger partial charge on any atom is -0.390 e. The zero-order valence-corrected chi connectivity index (χ0v) is 20.8. The first-order valence-corrected chi connectivity index (χ1v) is 11.6. The smallest absolute Gasteiger partial charge is 0.280 e. The molecule has 0 radical (unpaired) electrons. The van der Waals surface area contributed by atoms with Crippen molar-refractivity contribution in [3.8, 4) is 11.3 Å². The number of imidazole rings is 1. The van der Waals surface area contributed by atoms with E-state index in [9.17, 15) is 15.0 Å². The van der Waals surface area contributed by atoms with Crippen molar-refractivity contribution in [1.82, 2.24) is 24.3 Å². The van der Waals surface area contributed by atoms with Crippen LogP contribution in [0.1, 0.15) is 50.0 Å². The molecular formula is C26H32N6O3. The van der Waals surface area contributed by atoms with Crippen molar-refractivity contribution >= 4 is 16.9 Å². The number of aryl methyl sites for hydroxylation is 2. The molecule has 0 saturated heterocycles. The molecule has 0 saturated carbocycles. The molecule has 1 amide bonds. The lowest BCUT2D eigenvalue weighted by Crippen LogP contribution is -2.32. The van der Waals surface area contributed by atoms with Crippen molar-refractivity contribution in [2.75, 3.05) is 0 Å². The number of benzene rings is 1. The van der Waals surface area contributed by atoms with Gasteiger partial charge in [-0.1, -0.05) is 6.07 Å². The quantitative estimate of drug-likeness (QED) is 0.379. The van der Waals surface area contributed by atoms with Crippen molar-refractivity contribution in [1.29, 1.82) is 0 Å². The third kappa shape index (κ3) is 6.12. The topological polar surface area (TPSA) is 121 Å². The second kappa shape index (κ2) is 9.24. The van der Waals surface area contributed by atoms with Crippen molar-refractivity contribution in [2.24, 2.45) is 12.0 Å². The monoisotopic (exact) mass is 476 g/mol. The van der Waals surface area contributed by atoms with Crippen LogP contribution in [0.2, 0.25) is 0 Å². The second-order valence-corrected chi connectivity index (χ2v) is 10.3. The highest BCUT2D eigenvalue weighted by atomic mass is 16.3. The number of fused-ring (bicyclic) bond motifs is 1. The summed E-state index contributed by atoms with van der Waals surface area (Å²) in [7, 11) is 1.82. The predicted octanol–water partition coefficient (Wildman–Crippen LogP) is 2.98. The van der Waals surface area contributed by atoms with E-state index in [1.54, 1.807) is 56.9 Å². The molecule has 0 aliphatic heterocycles. The molecular weight excluding hydrogens is 444 g/mol. The number of carbonyl (C=O) groups is 1. The Balaban J connectivity index is 1.74. The lowest BCUT2D eigenvalue weighted by molar-refractivity contribution is 0.0612. The van der Waals surface area contributed by atoms with E-state index in [-0.39, 0.29) is 6.54 Å². The average molecular weight is 477 g/mol. The largest absolute Gasteiger partial charge is 0.390 e. The third-order valence-electron chi connectivity index (χ3n) is 5.64. The van der Waals surface area contributed by atoms with Crippen LogP contribution in [0.15, 0.2) is 53.9 Å². The summed E-state index contributed by atoms with van der Waals surface area (Å²) >= 11 is 0. The second-order valence-electron chi connectivity index (χ2n) is 10.3. The van der Waals surface area contributed by atoms with Gasteiger partial charge in [0.15, 0.2) is 0 Å². The van der Waals surface area contributed by atoms with Gasteiger partial charge in [-0.05, 0) is 70.4 Å². The van der Waals surface area contributed by atoms with Gasteiger partial charge < -0.3 is 19.8 Å². The number of hydrogen-bond acceptors (Lipinski definition) is 5. The highest BCUT2D eigenvalue weighted by molar-refractivity contribution is 5.95. The molecule has 3 N–H and O–H groups in total. The van der Waals surface area contributed by atoms with Crippen LogP contribution in [-0.2, 0) is 20.0 Å². The number of nitrogens with one attached hydrogen (secondary N) is 1. The molecule has 9 nitrogen and oxygen atoms in total. The maximum absolute atomic E-state index is 13.1. The first kappa shape index (κ1) is 24.6. The number of aliphatic hydroxyl groups is 2. The molecule has 184 valence electrons. The number of carbonyl (C=O) groups excluding carboxylic acids is 1. The summed E-state index contributed by atoms with van der Waals surface area (Å²) < 4.78 is 3.49. The van der Waals surface area contributed by atoms with Crippen molar-refractivity contribution in [3.05, 3.63) is 65.7 Å². The van der Waals surface area contributed by atoms with Gasteiger partial charge in [0.1, 0.15) is 0 Å². The summed E-state index contributed by atoms with van der Waals surface area (Å²) in [6.07, 6.45) is 6.44. The van der Waals surface area contributed by atoms with E-state index in [2.05, 4.69) is 20.1 Å². The fraction of sp³-hybridized carbons (Fsp3) is 0.385. The van der Waals surface area contributed by atoms with Crippen LogP contribution in [-0.4, -0.2) is 51.6 Å². The lowest BCUT2D eigenvalue weighted by atomic mass is 9.99. The highest BCUT2D eigenvalue weighted by Crippen LogP contribution is 2.20. The van der Waals surface area contributed by atoms with Crippen LogP contribution < -0.4 is 5.62 Å². The molecule has 0 aliphatic rings. The Morgan fingerprint density at radius 2 is 1.89 bits per heavy atom. The van der Waals surface area contributed by atoms with Gasteiger partial charge in [0, 0.05) is 30.6 Å². The van der Waals surface area contributed by atoms with E-state index < -0.39 is 17.1 Å².